The second kappa shape index (κ2) is 9.02. The molecule has 0 radical (unpaired) electrons. The van der Waals surface area contributed by atoms with Gasteiger partial charge < -0.3 is 19.7 Å². The third kappa shape index (κ3) is 4.66. The smallest absolute Gasteiger partial charge is 0.410 e. The number of carbonyl (C=O) groups is 1. The first kappa shape index (κ1) is 21.7. The Morgan fingerprint density at radius 1 is 1.24 bits per heavy atom. The van der Waals surface area contributed by atoms with Gasteiger partial charge in [-0.05, 0) is 37.2 Å². The van der Waals surface area contributed by atoms with E-state index in [-0.39, 0.29) is 17.6 Å². The number of ether oxygens (including phenoxy) is 2. The molecule has 2 aliphatic heterocycles. The molecule has 2 aromatic heterocycles. The molecule has 1 unspecified atom stereocenters. The number of hydrogen-bond donors (Lipinski definition) is 1. The molecular formula is C25H31N5O3. The van der Waals surface area contributed by atoms with E-state index in [0.717, 1.165) is 42.9 Å². The highest BCUT2D eigenvalue weighted by Gasteiger charge is 2.45. The van der Waals surface area contributed by atoms with Crippen LogP contribution in [0.5, 0.6) is 5.75 Å². The quantitative estimate of drug-likeness (QED) is 0.596. The Balaban J connectivity index is 1.22. The predicted octanol–water partition coefficient (Wildman–Crippen LogP) is 3.34. The van der Waals surface area contributed by atoms with E-state index >= 15 is 0 Å². The number of benzene rings is 1. The zero-order valence-electron chi connectivity index (χ0n) is 19.3. The lowest BCUT2D eigenvalue weighted by Gasteiger charge is -2.31. The minimum atomic E-state index is -0.325. The summed E-state index contributed by atoms with van der Waals surface area (Å²) in [5.41, 5.74) is 2.75. The molecule has 8 heteroatoms. The topological polar surface area (TPSA) is 81.0 Å². The lowest BCUT2D eigenvalue weighted by molar-refractivity contribution is 0.0316. The lowest BCUT2D eigenvalue weighted by atomic mass is 9.92. The molecule has 0 bridgehead atoms. The molecule has 33 heavy (non-hydrogen) atoms. The Hall–Kier alpha value is -3.13. The first-order valence-corrected chi connectivity index (χ1v) is 11.7. The predicted molar refractivity (Wildman–Crippen MR) is 125 cm³/mol. The van der Waals surface area contributed by atoms with E-state index in [0.29, 0.717) is 31.9 Å². The molecule has 5 rings (SSSR count). The number of aryl methyl sites for hydroxylation is 1. The van der Waals surface area contributed by atoms with Gasteiger partial charge in [-0.1, -0.05) is 37.3 Å². The third-order valence-electron chi connectivity index (χ3n) is 6.67. The zero-order valence-corrected chi connectivity index (χ0v) is 19.3. The van der Waals surface area contributed by atoms with Crippen LogP contribution in [0.3, 0.4) is 0 Å². The molecule has 1 spiro atoms. The summed E-state index contributed by atoms with van der Waals surface area (Å²) in [6, 6.07) is 12.4. The third-order valence-corrected chi connectivity index (χ3v) is 6.67. The van der Waals surface area contributed by atoms with Crippen molar-refractivity contribution in [2.75, 3.05) is 32.8 Å². The van der Waals surface area contributed by atoms with Crippen LogP contribution in [0.15, 0.2) is 42.6 Å². The minimum absolute atomic E-state index is 0.222. The van der Waals surface area contributed by atoms with E-state index in [4.69, 9.17) is 14.5 Å². The number of amides is 1. The Morgan fingerprint density at radius 2 is 2.03 bits per heavy atom. The van der Waals surface area contributed by atoms with Gasteiger partial charge in [0.15, 0.2) is 11.5 Å². The van der Waals surface area contributed by atoms with Gasteiger partial charge in [-0.2, -0.15) is 5.10 Å². The molecule has 174 valence electrons. The van der Waals surface area contributed by atoms with Gasteiger partial charge in [0.25, 0.3) is 0 Å². The molecule has 1 aromatic carbocycles. The minimum Gasteiger partial charge on any atom is -0.491 e. The van der Waals surface area contributed by atoms with Gasteiger partial charge in [0, 0.05) is 31.7 Å². The first-order valence-electron chi connectivity index (χ1n) is 11.7. The molecule has 1 atom stereocenters. The Labute approximate surface area is 193 Å². The van der Waals surface area contributed by atoms with Crippen LogP contribution in [0.1, 0.15) is 42.6 Å². The van der Waals surface area contributed by atoms with Crippen molar-refractivity contribution in [1.82, 2.24) is 24.8 Å². The SMILES string of the molecule is Cc1cc(OCC(C)c2ccccc2)cn2nc(CCN3CC4(CCNCC4)OC3=O)nc12. The summed E-state index contributed by atoms with van der Waals surface area (Å²) in [6.07, 6.45) is 3.98. The first-order chi connectivity index (χ1) is 16.0. The van der Waals surface area contributed by atoms with Crippen LogP contribution >= 0.6 is 0 Å². The van der Waals surface area contributed by atoms with Crippen molar-refractivity contribution in [1.29, 1.82) is 0 Å². The van der Waals surface area contributed by atoms with Crippen molar-refractivity contribution in [2.45, 2.75) is 44.6 Å². The van der Waals surface area contributed by atoms with Crippen molar-refractivity contribution in [3.63, 3.8) is 0 Å². The average Bonchev–Trinajstić information content (AvgIpc) is 3.37. The largest absolute Gasteiger partial charge is 0.491 e. The maximum atomic E-state index is 12.4. The van der Waals surface area contributed by atoms with Crippen molar-refractivity contribution in [3.8, 4) is 5.75 Å². The fourth-order valence-corrected chi connectivity index (χ4v) is 4.69. The van der Waals surface area contributed by atoms with Crippen LogP contribution in [-0.2, 0) is 11.2 Å². The van der Waals surface area contributed by atoms with E-state index in [1.165, 1.54) is 5.56 Å². The molecule has 0 aliphatic carbocycles. The molecule has 3 aromatic rings. The fraction of sp³-hybridized carbons (Fsp3) is 0.480. The van der Waals surface area contributed by atoms with Gasteiger partial charge in [-0.15, -0.1) is 0 Å². The van der Waals surface area contributed by atoms with E-state index < -0.39 is 0 Å². The highest BCUT2D eigenvalue weighted by Crippen LogP contribution is 2.31. The number of carbonyl (C=O) groups excluding carboxylic acids is 1. The van der Waals surface area contributed by atoms with Crippen molar-refractivity contribution < 1.29 is 14.3 Å². The monoisotopic (exact) mass is 449 g/mol. The summed E-state index contributed by atoms with van der Waals surface area (Å²) in [4.78, 5) is 18.9. The number of rotatable bonds is 7. The van der Waals surface area contributed by atoms with Crippen LogP contribution in [-0.4, -0.2) is 64.0 Å². The van der Waals surface area contributed by atoms with Gasteiger partial charge in [-0.3, -0.25) is 0 Å². The molecule has 2 saturated heterocycles. The van der Waals surface area contributed by atoms with Gasteiger partial charge in [-0.25, -0.2) is 14.3 Å². The Bertz CT molecular complexity index is 1120. The number of hydrogen-bond acceptors (Lipinski definition) is 6. The molecule has 2 aliphatic rings. The number of nitrogens with one attached hydrogen (secondary N) is 1. The molecular weight excluding hydrogens is 418 g/mol. The van der Waals surface area contributed by atoms with Gasteiger partial charge in [0.05, 0.1) is 19.3 Å². The normalized spacial score (nSPS) is 18.6. The van der Waals surface area contributed by atoms with Gasteiger partial charge >= 0.3 is 6.09 Å². The lowest BCUT2D eigenvalue weighted by Crippen LogP contribution is -2.45. The molecule has 4 heterocycles. The zero-order chi connectivity index (χ0) is 22.8. The summed E-state index contributed by atoms with van der Waals surface area (Å²) in [6.45, 7) is 7.75. The molecule has 2 fully saturated rings. The number of nitrogens with zero attached hydrogens (tertiary/aromatic N) is 4. The van der Waals surface area contributed by atoms with Crippen molar-refractivity contribution in [3.05, 3.63) is 59.5 Å². The van der Waals surface area contributed by atoms with Crippen LogP contribution in [0.4, 0.5) is 4.79 Å². The molecule has 1 amide bonds. The summed E-state index contributed by atoms with van der Waals surface area (Å²) >= 11 is 0. The Morgan fingerprint density at radius 3 is 2.82 bits per heavy atom. The fourth-order valence-electron chi connectivity index (χ4n) is 4.69. The molecule has 0 saturated carbocycles. The van der Waals surface area contributed by atoms with Gasteiger partial charge in [0.1, 0.15) is 11.4 Å². The summed E-state index contributed by atoms with van der Waals surface area (Å²) in [5, 5.41) is 7.97. The van der Waals surface area contributed by atoms with Crippen LogP contribution in [0.25, 0.3) is 5.65 Å². The standard InChI is InChI=1S/C25H31N5O3/c1-18-14-21(32-16-19(2)20-6-4-3-5-7-20)15-30-23(18)27-22(28-30)8-13-29-17-25(33-24(29)31)9-11-26-12-10-25/h3-7,14-15,19,26H,8-13,16-17H2,1-2H3. The number of piperidine rings is 1. The van der Waals surface area contributed by atoms with E-state index in [9.17, 15) is 4.79 Å². The average molecular weight is 450 g/mol. The van der Waals surface area contributed by atoms with Crippen LogP contribution in [0.2, 0.25) is 0 Å². The van der Waals surface area contributed by atoms with E-state index in [2.05, 4.69) is 29.5 Å². The van der Waals surface area contributed by atoms with E-state index in [1.807, 2.05) is 37.4 Å². The second-order valence-corrected chi connectivity index (χ2v) is 9.25. The second-order valence-electron chi connectivity index (χ2n) is 9.25. The maximum absolute atomic E-state index is 12.4. The summed E-state index contributed by atoms with van der Waals surface area (Å²) < 4.78 is 13.6. The number of fused-ring (bicyclic) bond motifs is 1. The highest BCUT2D eigenvalue weighted by molar-refractivity contribution is 5.70. The molecule has 8 nitrogen and oxygen atoms in total. The number of aromatic nitrogens is 3. The van der Waals surface area contributed by atoms with Gasteiger partial charge in [0.2, 0.25) is 0 Å². The Kier molecular flexibility index (Phi) is 5.93. The summed E-state index contributed by atoms with van der Waals surface area (Å²) in [7, 11) is 0. The van der Waals surface area contributed by atoms with Crippen LogP contribution < -0.4 is 10.1 Å². The van der Waals surface area contributed by atoms with Crippen LogP contribution in [0, 0.1) is 6.92 Å². The van der Waals surface area contributed by atoms with Crippen molar-refractivity contribution >= 4 is 11.7 Å². The number of pyridine rings is 1. The maximum Gasteiger partial charge on any atom is 0.410 e. The summed E-state index contributed by atoms with van der Waals surface area (Å²) in [5.74, 6) is 1.78. The van der Waals surface area contributed by atoms with E-state index in [1.54, 1.807) is 9.42 Å². The van der Waals surface area contributed by atoms with Crippen molar-refractivity contribution in [2.24, 2.45) is 0 Å². The molecule has 1 N–H and O–H groups in total. The highest BCUT2D eigenvalue weighted by atomic mass is 16.6.